The molecule has 1 aliphatic rings. The molecule has 13 nitrogen and oxygen atoms in total. The number of carboxylic acid groups (broad SMARTS) is 1. The molecule has 9 atom stereocenters. The van der Waals surface area contributed by atoms with Gasteiger partial charge in [-0.25, -0.2) is 4.79 Å². The second-order valence-electron chi connectivity index (χ2n) is 15.4. The van der Waals surface area contributed by atoms with Crippen molar-refractivity contribution in [2.75, 3.05) is 34.9 Å². The molecule has 1 aromatic carbocycles. The smallest absolute Gasteiger partial charge is 0.326 e. The van der Waals surface area contributed by atoms with Crippen LogP contribution in [-0.4, -0.2) is 122 Å². The number of nitrogens with one attached hydrogen (secondary N) is 3. The van der Waals surface area contributed by atoms with E-state index in [1.54, 1.807) is 30.8 Å². The summed E-state index contributed by atoms with van der Waals surface area (Å²) in [5, 5.41) is 18.6. The minimum absolute atomic E-state index is 0.0117. The highest BCUT2D eigenvalue weighted by Crippen LogP contribution is 2.30. The first kappa shape index (κ1) is 45.6. The Morgan fingerprint density at radius 2 is 1.53 bits per heavy atom. The van der Waals surface area contributed by atoms with Crippen LogP contribution in [0, 0.1) is 30.6 Å². The summed E-state index contributed by atoms with van der Waals surface area (Å²) in [6.07, 6.45) is 0.812. The number of ether oxygens (including phenoxy) is 2. The highest BCUT2D eigenvalue weighted by molar-refractivity contribution is 5.90. The van der Waals surface area contributed by atoms with Gasteiger partial charge in [-0.2, -0.15) is 0 Å². The lowest BCUT2D eigenvalue weighted by atomic mass is 9.89. The summed E-state index contributed by atoms with van der Waals surface area (Å²) < 4.78 is 11.9. The zero-order valence-electron chi connectivity index (χ0n) is 34.1. The van der Waals surface area contributed by atoms with Crippen LogP contribution in [0.3, 0.4) is 0 Å². The number of aryl methyl sites for hydroxylation is 1. The third kappa shape index (κ3) is 12.2. The SMILES string of the molecule is CCC(C)C(C(CC(=O)N1CCC[C@H]1C(OC)C(C)C(=O)N[C@@H](Cc1ccc(C)cc1)C(=O)O)OC)N(C)C(=O)[C@@H](NC(=O)C(NC)C(C)C)C(C)C. The lowest BCUT2D eigenvalue weighted by Gasteiger charge is -2.41. The fraction of sp³-hybridized carbons (Fsp3) is 0.725. The number of benzene rings is 1. The molecule has 0 aliphatic carbocycles. The van der Waals surface area contributed by atoms with Gasteiger partial charge in [0.25, 0.3) is 0 Å². The summed E-state index contributed by atoms with van der Waals surface area (Å²) in [6.45, 7) is 15.8. The molecule has 1 aliphatic heterocycles. The number of likely N-dealkylation sites (tertiary alicyclic amines) is 1. The fourth-order valence-corrected chi connectivity index (χ4v) is 7.51. The number of hydrogen-bond donors (Lipinski definition) is 4. The van der Waals surface area contributed by atoms with Gasteiger partial charge >= 0.3 is 5.97 Å². The Bertz CT molecular complexity index is 1350. The van der Waals surface area contributed by atoms with Crippen molar-refractivity contribution in [2.24, 2.45) is 23.7 Å². The van der Waals surface area contributed by atoms with Crippen molar-refractivity contribution in [3.05, 3.63) is 35.4 Å². The first-order valence-corrected chi connectivity index (χ1v) is 19.1. The van der Waals surface area contributed by atoms with Gasteiger partial charge in [0.15, 0.2) is 0 Å². The standard InChI is InChI=1S/C40H67N5O8/c1-13-26(7)35(44(10)39(49)34(24(4)5)43-38(48)33(41-9)23(2)3)31(52-11)22-32(46)45-20-14-15-30(45)36(53-12)27(8)37(47)42-29(40(50)51)21-28-18-16-25(6)17-19-28/h16-19,23-24,26-27,29-31,33-36,41H,13-15,20-22H2,1-12H3,(H,42,47)(H,43,48)(H,50,51)/t26?,27?,29-,30-,31?,33?,34-,35?,36?/m0/s1. The predicted octanol–water partition coefficient (Wildman–Crippen LogP) is 3.41. The van der Waals surface area contributed by atoms with Crippen LogP contribution < -0.4 is 16.0 Å². The van der Waals surface area contributed by atoms with Gasteiger partial charge in [-0.1, -0.05) is 84.7 Å². The van der Waals surface area contributed by atoms with Gasteiger partial charge in [0.05, 0.1) is 42.7 Å². The quantitative estimate of drug-likeness (QED) is 0.148. The Morgan fingerprint density at radius 1 is 0.925 bits per heavy atom. The molecule has 53 heavy (non-hydrogen) atoms. The first-order chi connectivity index (χ1) is 24.9. The number of carbonyl (C=O) groups is 5. The fourth-order valence-electron chi connectivity index (χ4n) is 7.51. The van der Waals surface area contributed by atoms with E-state index in [2.05, 4.69) is 16.0 Å². The van der Waals surface area contributed by atoms with Crippen LogP contribution in [0.25, 0.3) is 0 Å². The molecule has 1 aromatic rings. The molecule has 1 heterocycles. The number of aliphatic carboxylic acids is 1. The van der Waals surface area contributed by atoms with E-state index in [-0.39, 0.29) is 48.3 Å². The van der Waals surface area contributed by atoms with E-state index in [0.717, 1.165) is 17.5 Å². The first-order valence-electron chi connectivity index (χ1n) is 19.1. The summed E-state index contributed by atoms with van der Waals surface area (Å²) in [6, 6.07) is 4.23. The molecular formula is C40H67N5O8. The van der Waals surface area contributed by atoms with E-state index < -0.39 is 60.2 Å². The zero-order chi connectivity index (χ0) is 40.2. The largest absolute Gasteiger partial charge is 0.480 e. The summed E-state index contributed by atoms with van der Waals surface area (Å²) in [4.78, 5) is 70.5. The van der Waals surface area contributed by atoms with Gasteiger partial charge in [-0.05, 0) is 50.1 Å². The Balaban J connectivity index is 2.26. The number of nitrogens with zero attached hydrogens (tertiary/aromatic N) is 2. The highest BCUT2D eigenvalue weighted by atomic mass is 16.5. The summed E-state index contributed by atoms with van der Waals surface area (Å²) in [7, 11) is 6.46. The lowest BCUT2D eigenvalue weighted by Crippen LogP contribution is -2.59. The van der Waals surface area contributed by atoms with Crippen molar-refractivity contribution in [2.45, 2.75) is 130 Å². The van der Waals surface area contributed by atoms with Crippen LogP contribution in [0.2, 0.25) is 0 Å². The van der Waals surface area contributed by atoms with Crippen molar-refractivity contribution in [1.29, 1.82) is 0 Å². The molecule has 300 valence electrons. The van der Waals surface area contributed by atoms with Gasteiger partial charge in [0.2, 0.25) is 23.6 Å². The van der Waals surface area contributed by atoms with Gasteiger partial charge in [-0.15, -0.1) is 0 Å². The minimum atomic E-state index is -1.14. The summed E-state index contributed by atoms with van der Waals surface area (Å²) in [5.41, 5.74) is 1.84. The monoisotopic (exact) mass is 745 g/mol. The Morgan fingerprint density at radius 3 is 2.02 bits per heavy atom. The molecule has 4 amide bonds. The van der Waals surface area contributed by atoms with E-state index >= 15 is 0 Å². The number of rotatable bonds is 21. The second kappa shape index (κ2) is 21.4. The number of amides is 4. The lowest BCUT2D eigenvalue weighted by molar-refractivity contribution is -0.148. The zero-order valence-corrected chi connectivity index (χ0v) is 34.1. The van der Waals surface area contributed by atoms with Crippen LogP contribution >= 0.6 is 0 Å². The van der Waals surface area contributed by atoms with Gasteiger partial charge in [0, 0.05) is 34.2 Å². The number of likely N-dealkylation sites (N-methyl/N-ethyl adjacent to an activating group) is 2. The summed E-state index contributed by atoms with van der Waals surface area (Å²) in [5.74, 6) is -3.27. The Kier molecular flexibility index (Phi) is 18.4. The van der Waals surface area contributed by atoms with Crippen LogP contribution in [0.1, 0.15) is 85.3 Å². The maximum absolute atomic E-state index is 14.1. The van der Waals surface area contributed by atoms with Crippen LogP contribution in [0.4, 0.5) is 0 Å². The van der Waals surface area contributed by atoms with Crippen LogP contribution in [0.15, 0.2) is 24.3 Å². The molecule has 1 saturated heterocycles. The molecule has 13 heteroatoms. The molecular weight excluding hydrogens is 678 g/mol. The van der Waals surface area contributed by atoms with E-state index in [0.29, 0.717) is 19.4 Å². The molecule has 2 rings (SSSR count). The molecule has 4 N–H and O–H groups in total. The molecule has 0 saturated carbocycles. The molecule has 0 aromatic heterocycles. The maximum Gasteiger partial charge on any atom is 0.326 e. The van der Waals surface area contributed by atoms with Gasteiger partial charge in [-0.3, -0.25) is 19.2 Å². The van der Waals surface area contributed by atoms with Crippen molar-refractivity contribution < 1.29 is 38.6 Å². The third-order valence-electron chi connectivity index (χ3n) is 10.9. The molecule has 6 unspecified atom stereocenters. The number of hydrogen-bond acceptors (Lipinski definition) is 8. The maximum atomic E-state index is 14.1. The Hall–Kier alpha value is -3.55. The van der Waals surface area contributed by atoms with Gasteiger partial charge < -0.3 is 40.3 Å². The van der Waals surface area contributed by atoms with E-state index in [9.17, 15) is 29.1 Å². The number of carboxylic acids is 1. The third-order valence-corrected chi connectivity index (χ3v) is 10.9. The van der Waals surface area contributed by atoms with Crippen molar-refractivity contribution in [3.8, 4) is 0 Å². The van der Waals surface area contributed by atoms with Crippen LogP contribution in [-0.2, 0) is 39.9 Å². The average Bonchev–Trinajstić information content (AvgIpc) is 3.60. The topological polar surface area (TPSA) is 167 Å². The normalized spacial score (nSPS) is 19.1. The predicted molar refractivity (Wildman–Crippen MR) is 205 cm³/mol. The minimum Gasteiger partial charge on any atom is -0.480 e. The van der Waals surface area contributed by atoms with E-state index in [1.807, 2.05) is 72.7 Å². The molecule has 0 bridgehead atoms. The van der Waals surface area contributed by atoms with Crippen LogP contribution in [0.5, 0.6) is 0 Å². The van der Waals surface area contributed by atoms with Crippen molar-refractivity contribution in [1.82, 2.24) is 25.8 Å². The highest BCUT2D eigenvalue weighted by Gasteiger charge is 2.43. The molecule has 0 spiro atoms. The molecule has 1 fully saturated rings. The summed E-state index contributed by atoms with van der Waals surface area (Å²) >= 11 is 0. The van der Waals surface area contributed by atoms with Crippen molar-refractivity contribution >= 4 is 29.6 Å². The average molecular weight is 746 g/mol. The van der Waals surface area contributed by atoms with Crippen molar-refractivity contribution in [3.63, 3.8) is 0 Å². The number of carbonyl (C=O) groups excluding carboxylic acids is 4. The van der Waals surface area contributed by atoms with Gasteiger partial charge in [0.1, 0.15) is 12.1 Å². The second-order valence-corrected chi connectivity index (χ2v) is 15.4. The van der Waals surface area contributed by atoms with E-state index in [1.165, 1.54) is 14.2 Å². The van der Waals surface area contributed by atoms with E-state index in [4.69, 9.17) is 9.47 Å². The molecule has 0 radical (unpaired) electrons. The number of methoxy groups -OCH3 is 2. The Labute approximate surface area is 317 Å².